The molecule has 0 radical (unpaired) electrons. The van der Waals surface area contributed by atoms with Gasteiger partial charge >= 0.3 is 0 Å². The molecule has 0 saturated carbocycles. The Morgan fingerprint density at radius 3 is 2.68 bits per heavy atom. The number of hydrogen-bond donors (Lipinski definition) is 2. The van der Waals surface area contributed by atoms with Crippen molar-refractivity contribution in [1.82, 2.24) is 0 Å². The Labute approximate surface area is 149 Å². The second kappa shape index (κ2) is 10.4. The van der Waals surface area contributed by atoms with E-state index in [0.717, 1.165) is 57.1 Å². The van der Waals surface area contributed by atoms with E-state index in [0.29, 0.717) is 13.2 Å². The maximum Gasteiger partial charge on any atom is 0.127 e. The average molecular weight is 346 g/mol. The quantitative estimate of drug-likeness (QED) is 0.582. The zero-order valence-electron chi connectivity index (χ0n) is 14.9. The Morgan fingerprint density at radius 1 is 0.920 bits per heavy atom. The topological polar surface area (TPSA) is 48.7 Å². The van der Waals surface area contributed by atoms with Crippen LogP contribution < -0.4 is 15.0 Å². The molecule has 1 aliphatic heterocycles. The molecule has 0 aromatic heterocycles. The highest BCUT2D eigenvalue weighted by Gasteiger charge is 2.13. The van der Waals surface area contributed by atoms with E-state index < -0.39 is 0 Å². The van der Waals surface area contributed by atoms with Crippen LogP contribution >= 0.6 is 0 Å². The van der Waals surface area contributed by atoms with Gasteiger partial charge in [-0.3, -0.25) is 0 Å². The lowest BCUT2D eigenvalue weighted by Gasteiger charge is -2.22. The number of ether oxygens (including phenoxy) is 3. The molecule has 1 heterocycles. The molecule has 136 valence electrons. The van der Waals surface area contributed by atoms with Gasteiger partial charge in [0, 0.05) is 5.39 Å². The largest absolute Gasteiger partial charge is 0.491 e. The molecule has 1 fully saturated rings. The van der Waals surface area contributed by atoms with E-state index in [-0.39, 0.29) is 0 Å². The molecule has 5 nitrogen and oxygen atoms in total. The molecule has 2 aromatic rings. The molecule has 0 bridgehead atoms. The standard InChI is InChI=1S/C20H28N2O3/c1-2-6-19-18(4-1)5-3-7-20(19)25-17-16-23-13-9-21-8-10-22-11-14-24-15-12-22/h1-7,21H,8-17H2/p+2. The monoisotopic (exact) mass is 346 g/mol. The second-order valence-electron chi connectivity index (χ2n) is 6.42. The Kier molecular flexibility index (Phi) is 7.52. The minimum Gasteiger partial charge on any atom is -0.491 e. The number of quaternary nitrogens is 2. The summed E-state index contributed by atoms with van der Waals surface area (Å²) in [5, 5.41) is 4.70. The van der Waals surface area contributed by atoms with Crippen LogP contribution in [0.15, 0.2) is 42.5 Å². The number of fused-ring (bicyclic) bond motifs is 1. The third-order valence-electron chi connectivity index (χ3n) is 4.60. The Morgan fingerprint density at radius 2 is 1.76 bits per heavy atom. The third kappa shape index (κ3) is 5.97. The van der Waals surface area contributed by atoms with Gasteiger partial charge in [-0.25, -0.2) is 0 Å². The smallest absolute Gasteiger partial charge is 0.127 e. The van der Waals surface area contributed by atoms with Crippen molar-refractivity contribution in [3.05, 3.63) is 42.5 Å². The second-order valence-corrected chi connectivity index (χ2v) is 6.42. The lowest BCUT2D eigenvalue weighted by Crippen LogP contribution is -3.16. The molecule has 0 atom stereocenters. The van der Waals surface area contributed by atoms with Crippen LogP contribution in [0.4, 0.5) is 0 Å². The van der Waals surface area contributed by atoms with Crippen LogP contribution in [-0.2, 0) is 9.47 Å². The first kappa shape index (κ1) is 18.1. The number of nitrogens with two attached hydrogens (primary N) is 1. The highest BCUT2D eigenvalue weighted by Crippen LogP contribution is 2.24. The highest BCUT2D eigenvalue weighted by atomic mass is 16.5. The van der Waals surface area contributed by atoms with E-state index in [1.807, 2.05) is 24.3 Å². The molecule has 5 heteroatoms. The van der Waals surface area contributed by atoms with Crippen molar-refractivity contribution >= 4 is 10.8 Å². The van der Waals surface area contributed by atoms with Crippen LogP contribution in [0.5, 0.6) is 5.75 Å². The summed E-state index contributed by atoms with van der Waals surface area (Å²) in [5.41, 5.74) is 0. The first-order chi connectivity index (χ1) is 12.4. The maximum absolute atomic E-state index is 5.88. The number of benzene rings is 2. The Hall–Kier alpha value is -1.66. The molecule has 25 heavy (non-hydrogen) atoms. The van der Waals surface area contributed by atoms with Gasteiger partial charge in [-0.1, -0.05) is 36.4 Å². The summed E-state index contributed by atoms with van der Waals surface area (Å²) in [5.74, 6) is 0.932. The zero-order valence-corrected chi connectivity index (χ0v) is 14.9. The summed E-state index contributed by atoms with van der Waals surface area (Å²) >= 11 is 0. The molecule has 0 amide bonds. The fraction of sp³-hybridized carbons (Fsp3) is 0.500. The SMILES string of the molecule is c1ccc2c(OCCOCC[NH2+]CC[NH+]3CCOCC3)cccc2c1. The van der Waals surface area contributed by atoms with Crippen LogP contribution in [0.3, 0.4) is 0 Å². The van der Waals surface area contributed by atoms with Crippen molar-refractivity contribution in [2.75, 3.05) is 65.8 Å². The van der Waals surface area contributed by atoms with Crippen molar-refractivity contribution < 1.29 is 24.4 Å². The summed E-state index contributed by atoms with van der Waals surface area (Å²) in [6.45, 7) is 9.50. The van der Waals surface area contributed by atoms with E-state index in [2.05, 4.69) is 23.5 Å². The van der Waals surface area contributed by atoms with Gasteiger partial charge in [0.15, 0.2) is 0 Å². The average Bonchev–Trinajstić information content (AvgIpc) is 2.67. The van der Waals surface area contributed by atoms with Crippen LogP contribution in [-0.4, -0.2) is 65.8 Å². The Bertz CT molecular complexity index is 624. The van der Waals surface area contributed by atoms with E-state index in [9.17, 15) is 0 Å². The number of hydrogen-bond acceptors (Lipinski definition) is 3. The molecule has 3 rings (SSSR count). The molecule has 1 aliphatic rings. The minimum atomic E-state index is 0.589. The summed E-state index contributed by atoms with van der Waals surface area (Å²) in [6.07, 6.45) is 0. The van der Waals surface area contributed by atoms with Gasteiger partial charge in [0.2, 0.25) is 0 Å². The predicted octanol–water partition coefficient (Wildman–Crippen LogP) is -0.286. The molecule has 2 aromatic carbocycles. The fourth-order valence-electron chi connectivity index (χ4n) is 3.16. The minimum absolute atomic E-state index is 0.589. The van der Waals surface area contributed by atoms with Crippen molar-refractivity contribution in [2.45, 2.75) is 0 Å². The molecule has 0 unspecified atom stereocenters. The normalized spacial score (nSPS) is 15.5. The van der Waals surface area contributed by atoms with Crippen molar-refractivity contribution in [3.8, 4) is 5.75 Å². The highest BCUT2D eigenvalue weighted by molar-refractivity contribution is 5.88. The van der Waals surface area contributed by atoms with E-state index in [1.165, 1.54) is 11.9 Å². The van der Waals surface area contributed by atoms with Gasteiger partial charge in [-0.2, -0.15) is 0 Å². The van der Waals surface area contributed by atoms with E-state index >= 15 is 0 Å². The summed E-state index contributed by atoms with van der Waals surface area (Å²) in [6, 6.07) is 14.4. The first-order valence-corrected chi connectivity index (χ1v) is 9.35. The molecular formula is C20H30N2O3+2. The number of rotatable bonds is 10. The van der Waals surface area contributed by atoms with Crippen molar-refractivity contribution in [2.24, 2.45) is 0 Å². The van der Waals surface area contributed by atoms with Crippen LogP contribution in [0, 0.1) is 0 Å². The van der Waals surface area contributed by atoms with Crippen molar-refractivity contribution in [3.63, 3.8) is 0 Å². The number of morpholine rings is 1. The third-order valence-corrected chi connectivity index (χ3v) is 4.60. The van der Waals surface area contributed by atoms with Crippen LogP contribution in [0.2, 0.25) is 0 Å². The summed E-state index contributed by atoms with van der Waals surface area (Å²) in [7, 11) is 0. The van der Waals surface area contributed by atoms with Crippen molar-refractivity contribution in [1.29, 1.82) is 0 Å². The van der Waals surface area contributed by atoms with Gasteiger partial charge < -0.3 is 24.4 Å². The van der Waals surface area contributed by atoms with Gasteiger partial charge in [0.05, 0.1) is 33.0 Å². The first-order valence-electron chi connectivity index (χ1n) is 9.35. The van der Waals surface area contributed by atoms with Gasteiger partial charge in [-0.15, -0.1) is 0 Å². The molecule has 0 spiro atoms. The van der Waals surface area contributed by atoms with E-state index in [1.54, 1.807) is 4.90 Å². The van der Waals surface area contributed by atoms with E-state index in [4.69, 9.17) is 14.2 Å². The zero-order chi connectivity index (χ0) is 17.2. The van der Waals surface area contributed by atoms with Crippen LogP contribution in [0.1, 0.15) is 0 Å². The van der Waals surface area contributed by atoms with Gasteiger partial charge in [0.1, 0.15) is 38.5 Å². The Balaban J connectivity index is 1.23. The molecular weight excluding hydrogens is 316 g/mol. The van der Waals surface area contributed by atoms with Crippen LogP contribution in [0.25, 0.3) is 10.8 Å². The summed E-state index contributed by atoms with van der Waals surface area (Å²) in [4.78, 5) is 1.66. The maximum atomic E-state index is 5.88. The fourth-order valence-corrected chi connectivity index (χ4v) is 3.16. The molecule has 1 saturated heterocycles. The van der Waals surface area contributed by atoms with Gasteiger partial charge in [-0.05, 0) is 11.5 Å². The predicted molar refractivity (Wildman–Crippen MR) is 98.3 cm³/mol. The molecule has 0 aliphatic carbocycles. The lowest BCUT2D eigenvalue weighted by atomic mass is 10.1. The summed E-state index contributed by atoms with van der Waals surface area (Å²) < 4.78 is 16.9. The lowest BCUT2D eigenvalue weighted by molar-refractivity contribution is -0.919. The van der Waals surface area contributed by atoms with Gasteiger partial charge in [0.25, 0.3) is 0 Å². The number of nitrogens with one attached hydrogen (secondary N) is 1. The molecule has 3 N–H and O–H groups in total.